The minimum atomic E-state index is -0.683. The number of aromatic nitrogens is 4. The van der Waals surface area contributed by atoms with Gasteiger partial charge in [0.05, 0.1) is 11.7 Å². The number of fused-ring (bicyclic) bond motifs is 1. The number of hydrogen-bond acceptors (Lipinski definition) is 5. The van der Waals surface area contributed by atoms with Crippen molar-refractivity contribution in [3.05, 3.63) is 113 Å². The van der Waals surface area contributed by atoms with Crippen LogP contribution < -0.4 is 11.1 Å². The number of halogens is 3. The standard InChI is InChI=1S/C29H23ClF2N6O2/c30-29-35-15-20-8-10-38(28(20)37-29)16-25(39)36-24(7-6-17-11-21(31)14-22(32)12-17)26-23(5-2-9-34-26)18-3-1-4-19(13-18)27(33)40/h1-5,8-15,24H,6-7,16H2,(H2,33,40)(H,36,39). The van der Waals surface area contributed by atoms with Crippen LogP contribution in [-0.4, -0.2) is 31.3 Å². The third-order valence-corrected chi connectivity index (χ3v) is 6.57. The molecular weight excluding hydrogens is 538 g/mol. The molecule has 0 aliphatic carbocycles. The molecule has 1 unspecified atom stereocenters. The Bertz CT molecular complexity index is 1700. The minimum absolute atomic E-state index is 0.0596. The maximum atomic E-state index is 13.9. The van der Waals surface area contributed by atoms with E-state index in [0.29, 0.717) is 33.6 Å². The van der Waals surface area contributed by atoms with Gasteiger partial charge in [0.2, 0.25) is 17.1 Å². The molecule has 2 amide bonds. The Morgan fingerprint density at radius 3 is 2.60 bits per heavy atom. The Morgan fingerprint density at radius 2 is 1.82 bits per heavy atom. The zero-order valence-electron chi connectivity index (χ0n) is 21.0. The average molecular weight is 561 g/mol. The number of nitrogens with zero attached hydrogens (tertiary/aromatic N) is 4. The fourth-order valence-electron chi connectivity index (χ4n) is 4.59. The lowest BCUT2D eigenvalue weighted by Gasteiger charge is -2.22. The number of amides is 2. The monoisotopic (exact) mass is 560 g/mol. The summed E-state index contributed by atoms with van der Waals surface area (Å²) in [6.07, 6.45) is 5.42. The van der Waals surface area contributed by atoms with E-state index >= 15 is 0 Å². The van der Waals surface area contributed by atoms with Gasteiger partial charge in [0.1, 0.15) is 23.8 Å². The summed E-state index contributed by atoms with van der Waals surface area (Å²) in [6, 6.07) is 14.8. The van der Waals surface area contributed by atoms with Crippen LogP contribution in [0.2, 0.25) is 5.28 Å². The van der Waals surface area contributed by atoms with Crippen molar-refractivity contribution in [2.75, 3.05) is 0 Å². The number of nitrogens with one attached hydrogen (secondary N) is 1. The van der Waals surface area contributed by atoms with Gasteiger partial charge >= 0.3 is 0 Å². The lowest BCUT2D eigenvalue weighted by Crippen LogP contribution is -2.32. The smallest absolute Gasteiger partial charge is 0.248 e. The Morgan fingerprint density at radius 1 is 1.02 bits per heavy atom. The van der Waals surface area contributed by atoms with Crippen molar-refractivity contribution < 1.29 is 18.4 Å². The molecule has 8 nitrogen and oxygen atoms in total. The first-order chi connectivity index (χ1) is 19.3. The van der Waals surface area contributed by atoms with Crippen LogP contribution in [0.4, 0.5) is 8.78 Å². The molecule has 0 spiro atoms. The highest BCUT2D eigenvalue weighted by molar-refractivity contribution is 6.28. The molecule has 0 aliphatic rings. The summed E-state index contributed by atoms with van der Waals surface area (Å²) < 4.78 is 29.4. The maximum absolute atomic E-state index is 13.9. The van der Waals surface area contributed by atoms with E-state index in [4.69, 9.17) is 17.3 Å². The van der Waals surface area contributed by atoms with E-state index in [1.165, 1.54) is 12.1 Å². The summed E-state index contributed by atoms with van der Waals surface area (Å²) in [5, 5.41) is 3.80. The van der Waals surface area contributed by atoms with E-state index in [9.17, 15) is 18.4 Å². The van der Waals surface area contributed by atoms with E-state index in [1.54, 1.807) is 53.5 Å². The minimum Gasteiger partial charge on any atom is -0.366 e. The summed E-state index contributed by atoms with van der Waals surface area (Å²) >= 11 is 5.95. The number of rotatable bonds is 9. The predicted molar refractivity (Wildman–Crippen MR) is 146 cm³/mol. The Hall–Kier alpha value is -4.70. The molecule has 0 saturated heterocycles. The molecule has 3 N–H and O–H groups in total. The van der Waals surface area contributed by atoms with Crippen molar-refractivity contribution in [3.8, 4) is 11.1 Å². The van der Waals surface area contributed by atoms with Crippen LogP contribution in [0.3, 0.4) is 0 Å². The molecule has 0 radical (unpaired) electrons. The van der Waals surface area contributed by atoms with E-state index < -0.39 is 23.6 Å². The van der Waals surface area contributed by atoms with Gasteiger partial charge in [0, 0.05) is 41.2 Å². The van der Waals surface area contributed by atoms with Crippen LogP contribution in [-0.2, 0) is 17.8 Å². The second-order valence-electron chi connectivity index (χ2n) is 9.18. The number of aryl methyl sites for hydroxylation is 1. The molecule has 0 aliphatic heterocycles. The highest BCUT2D eigenvalue weighted by atomic mass is 35.5. The molecule has 0 saturated carbocycles. The van der Waals surface area contributed by atoms with E-state index in [2.05, 4.69) is 20.3 Å². The number of hydrogen-bond donors (Lipinski definition) is 2. The Kier molecular flexibility index (Phi) is 7.79. The van der Waals surface area contributed by atoms with Gasteiger partial charge in [-0.15, -0.1) is 0 Å². The summed E-state index contributed by atoms with van der Waals surface area (Å²) in [5.74, 6) is -2.28. The number of nitrogens with two attached hydrogens (primary N) is 1. The van der Waals surface area contributed by atoms with Crippen LogP contribution in [0.5, 0.6) is 0 Å². The maximum Gasteiger partial charge on any atom is 0.248 e. The van der Waals surface area contributed by atoms with E-state index in [1.807, 2.05) is 12.1 Å². The van der Waals surface area contributed by atoms with Crippen LogP contribution >= 0.6 is 11.6 Å². The zero-order chi connectivity index (χ0) is 28.2. The molecule has 0 bridgehead atoms. The number of carbonyl (C=O) groups excluding carboxylic acids is 2. The molecule has 3 aromatic heterocycles. The Labute approximate surface area is 232 Å². The first-order valence-corrected chi connectivity index (χ1v) is 12.7. The average Bonchev–Trinajstić information content (AvgIpc) is 3.32. The summed E-state index contributed by atoms with van der Waals surface area (Å²) in [6.45, 7) is -0.0682. The SMILES string of the molecule is NC(=O)c1cccc(-c2cccnc2C(CCc2cc(F)cc(F)c2)NC(=O)Cn2ccc3cnc(Cl)nc32)c1. The van der Waals surface area contributed by atoms with Crippen LogP contribution in [0, 0.1) is 11.6 Å². The molecule has 5 aromatic rings. The number of carbonyl (C=O) groups is 2. The third-order valence-electron chi connectivity index (χ3n) is 6.39. The van der Waals surface area contributed by atoms with Crippen LogP contribution in [0.15, 0.2) is 79.3 Å². The fourth-order valence-corrected chi connectivity index (χ4v) is 4.72. The first kappa shape index (κ1) is 26.9. The van der Waals surface area contributed by atoms with Gasteiger partial charge in [0.25, 0.3) is 0 Å². The lowest BCUT2D eigenvalue weighted by molar-refractivity contribution is -0.122. The molecule has 202 valence electrons. The lowest BCUT2D eigenvalue weighted by atomic mass is 9.94. The van der Waals surface area contributed by atoms with Crippen LogP contribution in [0.25, 0.3) is 22.2 Å². The quantitative estimate of drug-likeness (QED) is 0.246. The van der Waals surface area contributed by atoms with E-state index in [0.717, 1.165) is 11.5 Å². The van der Waals surface area contributed by atoms with Gasteiger partial charge in [-0.3, -0.25) is 14.6 Å². The summed E-state index contributed by atoms with van der Waals surface area (Å²) in [7, 11) is 0. The predicted octanol–water partition coefficient (Wildman–Crippen LogP) is 5.01. The van der Waals surface area contributed by atoms with Gasteiger partial charge in [-0.1, -0.05) is 18.2 Å². The van der Waals surface area contributed by atoms with Gasteiger partial charge < -0.3 is 15.6 Å². The van der Waals surface area contributed by atoms with Crippen molar-refractivity contribution in [3.63, 3.8) is 0 Å². The molecule has 0 fully saturated rings. The van der Waals surface area contributed by atoms with Crippen molar-refractivity contribution in [2.24, 2.45) is 5.73 Å². The summed E-state index contributed by atoms with van der Waals surface area (Å²) in [4.78, 5) is 37.8. The van der Waals surface area contributed by atoms with Crippen molar-refractivity contribution in [1.82, 2.24) is 24.8 Å². The van der Waals surface area contributed by atoms with Gasteiger partial charge in [-0.05, 0) is 72.0 Å². The molecule has 2 aromatic carbocycles. The topological polar surface area (TPSA) is 116 Å². The second-order valence-corrected chi connectivity index (χ2v) is 9.52. The number of pyridine rings is 1. The molecule has 5 rings (SSSR count). The fraction of sp³-hybridized carbons (Fsp3) is 0.138. The number of primary amides is 1. The van der Waals surface area contributed by atoms with Gasteiger partial charge in [0.15, 0.2) is 0 Å². The van der Waals surface area contributed by atoms with Gasteiger partial charge in [-0.2, -0.15) is 4.98 Å². The van der Waals surface area contributed by atoms with Crippen LogP contribution in [0.1, 0.15) is 34.1 Å². The second kappa shape index (κ2) is 11.6. The van der Waals surface area contributed by atoms with Crippen molar-refractivity contribution in [2.45, 2.75) is 25.4 Å². The molecule has 3 heterocycles. The molecular formula is C29H23ClF2N6O2. The summed E-state index contributed by atoms with van der Waals surface area (Å²) in [5.41, 5.74) is 8.62. The number of benzene rings is 2. The molecule has 1 atom stereocenters. The molecule has 40 heavy (non-hydrogen) atoms. The highest BCUT2D eigenvalue weighted by Crippen LogP contribution is 2.30. The largest absolute Gasteiger partial charge is 0.366 e. The highest BCUT2D eigenvalue weighted by Gasteiger charge is 2.22. The Balaban J connectivity index is 1.47. The van der Waals surface area contributed by atoms with Crippen molar-refractivity contribution in [1.29, 1.82) is 0 Å². The zero-order valence-corrected chi connectivity index (χ0v) is 21.8. The third kappa shape index (κ3) is 6.13. The first-order valence-electron chi connectivity index (χ1n) is 12.3. The normalized spacial score (nSPS) is 11.9. The van der Waals surface area contributed by atoms with E-state index in [-0.39, 0.29) is 30.6 Å². The van der Waals surface area contributed by atoms with Crippen molar-refractivity contribution >= 4 is 34.4 Å². The van der Waals surface area contributed by atoms with Gasteiger partial charge in [-0.25, -0.2) is 13.8 Å². The molecule has 11 heteroatoms.